The zero-order chi connectivity index (χ0) is 21.3. The Morgan fingerprint density at radius 2 is 1.73 bits per heavy atom. The van der Waals surface area contributed by atoms with Crippen LogP contribution in [0.5, 0.6) is 5.75 Å². The molecule has 1 atom stereocenters. The fourth-order valence-electron chi connectivity index (χ4n) is 3.10. The molecule has 1 N–H and O–H groups in total. The summed E-state index contributed by atoms with van der Waals surface area (Å²) in [5.41, 5.74) is 3.50. The van der Waals surface area contributed by atoms with E-state index in [0.29, 0.717) is 30.4 Å². The molecule has 0 saturated carbocycles. The van der Waals surface area contributed by atoms with E-state index in [4.69, 9.17) is 21.1 Å². The predicted octanol–water partition coefficient (Wildman–Crippen LogP) is 5.95. The van der Waals surface area contributed by atoms with Gasteiger partial charge in [-0.05, 0) is 55.3 Å². The first kappa shape index (κ1) is 21.9. The van der Waals surface area contributed by atoms with Gasteiger partial charge in [-0.2, -0.15) is 0 Å². The lowest BCUT2D eigenvalue weighted by molar-refractivity contribution is 0.0937. The molecule has 156 valence electrons. The summed E-state index contributed by atoms with van der Waals surface area (Å²) in [5.74, 6) is 0.581. The molecule has 3 rings (SSSR count). The maximum atomic E-state index is 12.8. The quantitative estimate of drug-likeness (QED) is 0.462. The molecule has 5 heteroatoms. The standard InChI is InChI=1S/C25H26ClNO3/c1-3-30-24-14-11-21(15-22(24)17-29-16-19-7-5-4-6-8-19)25(28)27-18(2)20-9-12-23(26)13-10-20/h4-15,18H,3,16-17H2,1-2H3,(H,27,28)/t18-/m1/s1. The first-order chi connectivity index (χ1) is 14.6. The van der Waals surface area contributed by atoms with Crippen LogP contribution < -0.4 is 10.1 Å². The van der Waals surface area contributed by atoms with Gasteiger partial charge >= 0.3 is 0 Å². The number of halogens is 1. The van der Waals surface area contributed by atoms with E-state index in [1.165, 1.54) is 0 Å². The van der Waals surface area contributed by atoms with Crippen molar-refractivity contribution < 1.29 is 14.3 Å². The SMILES string of the molecule is CCOc1ccc(C(=O)N[C@H](C)c2ccc(Cl)cc2)cc1COCc1ccccc1. The first-order valence-electron chi connectivity index (χ1n) is 10.0. The number of carbonyl (C=O) groups is 1. The lowest BCUT2D eigenvalue weighted by Crippen LogP contribution is -2.26. The smallest absolute Gasteiger partial charge is 0.251 e. The molecule has 0 aromatic heterocycles. The average molecular weight is 424 g/mol. The Bertz CT molecular complexity index is 958. The van der Waals surface area contributed by atoms with E-state index in [9.17, 15) is 4.79 Å². The zero-order valence-electron chi connectivity index (χ0n) is 17.2. The van der Waals surface area contributed by atoms with Crippen molar-refractivity contribution in [3.63, 3.8) is 0 Å². The van der Waals surface area contributed by atoms with Crippen LogP contribution in [-0.4, -0.2) is 12.5 Å². The Hall–Kier alpha value is -2.82. The number of amides is 1. The number of rotatable bonds is 9. The van der Waals surface area contributed by atoms with Crippen molar-refractivity contribution in [2.45, 2.75) is 33.1 Å². The van der Waals surface area contributed by atoms with Gasteiger partial charge in [-0.25, -0.2) is 0 Å². The normalized spacial score (nSPS) is 11.7. The van der Waals surface area contributed by atoms with E-state index >= 15 is 0 Å². The van der Waals surface area contributed by atoms with Gasteiger partial charge in [0.05, 0.1) is 25.9 Å². The van der Waals surface area contributed by atoms with E-state index in [0.717, 1.165) is 22.4 Å². The number of hydrogen-bond donors (Lipinski definition) is 1. The fourth-order valence-corrected chi connectivity index (χ4v) is 3.22. The topological polar surface area (TPSA) is 47.6 Å². The Kier molecular flexibility index (Phi) is 7.89. The van der Waals surface area contributed by atoms with Crippen LogP contribution in [-0.2, 0) is 18.0 Å². The highest BCUT2D eigenvalue weighted by Gasteiger charge is 2.14. The maximum absolute atomic E-state index is 12.8. The molecule has 1 amide bonds. The second kappa shape index (κ2) is 10.8. The monoisotopic (exact) mass is 423 g/mol. The summed E-state index contributed by atoms with van der Waals surface area (Å²) in [6.45, 7) is 5.28. The van der Waals surface area contributed by atoms with Crippen molar-refractivity contribution in [1.82, 2.24) is 5.32 Å². The van der Waals surface area contributed by atoms with Crippen LogP contribution in [0.25, 0.3) is 0 Å². The molecule has 4 nitrogen and oxygen atoms in total. The molecule has 3 aromatic carbocycles. The molecular formula is C25H26ClNO3. The van der Waals surface area contributed by atoms with Crippen molar-refractivity contribution in [1.29, 1.82) is 0 Å². The van der Waals surface area contributed by atoms with Gasteiger partial charge in [-0.3, -0.25) is 4.79 Å². The molecule has 30 heavy (non-hydrogen) atoms. The van der Waals surface area contributed by atoms with Crippen LogP contribution in [0, 0.1) is 0 Å². The molecule has 0 radical (unpaired) electrons. The molecule has 0 heterocycles. The largest absolute Gasteiger partial charge is 0.494 e. The van der Waals surface area contributed by atoms with Crippen LogP contribution in [0.15, 0.2) is 72.8 Å². The Morgan fingerprint density at radius 3 is 2.43 bits per heavy atom. The van der Waals surface area contributed by atoms with Crippen LogP contribution >= 0.6 is 11.6 Å². The van der Waals surface area contributed by atoms with Crippen molar-refractivity contribution in [2.24, 2.45) is 0 Å². The van der Waals surface area contributed by atoms with Gasteiger partial charge in [0.15, 0.2) is 0 Å². The third-order valence-corrected chi connectivity index (χ3v) is 4.96. The Labute approximate surface area is 182 Å². The summed E-state index contributed by atoms with van der Waals surface area (Å²) < 4.78 is 11.6. The third-order valence-electron chi connectivity index (χ3n) is 4.71. The first-order valence-corrected chi connectivity index (χ1v) is 10.4. The Balaban J connectivity index is 1.68. The van der Waals surface area contributed by atoms with Crippen LogP contribution in [0.3, 0.4) is 0 Å². The molecule has 0 fully saturated rings. The lowest BCUT2D eigenvalue weighted by atomic mass is 10.1. The Morgan fingerprint density at radius 1 is 1.00 bits per heavy atom. The minimum absolute atomic E-state index is 0.140. The summed E-state index contributed by atoms with van der Waals surface area (Å²) in [4.78, 5) is 12.8. The van der Waals surface area contributed by atoms with E-state index in [2.05, 4.69) is 5.32 Å². The van der Waals surface area contributed by atoms with Crippen LogP contribution in [0.4, 0.5) is 0 Å². The van der Waals surface area contributed by atoms with Gasteiger partial charge in [-0.15, -0.1) is 0 Å². The second-order valence-electron chi connectivity index (χ2n) is 6.98. The molecular weight excluding hydrogens is 398 g/mol. The second-order valence-corrected chi connectivity index (χ2v) is 7.42. The number of nitrogens with one attached hydrogen (secondary N) is 1. The van der Waals surface area contributed by atoms with Gasteiger partial charge in [0.25, 0.3) is 5.91 Å². The van der Waals surface area contributed by atoms with E-state index in [-0.39, 0.29) is 11.9 Å². The van der Waals surface area contributed by atoms with Gasteiger partial charge in [-0.1, -0.05) is 54.1 Å². The van der Waals surface area contributed by atoms with Crippen molar-refractivity contribution >= 4 is 17.5 Å². The fraction of sp³-hybridized carbons (Fsp3) is 0.240. The van der Waals surface area contributed by atoms with Crippen molar-refractivity contribution in [3.8, 4) is 5.75 Å². The molecule has 0 bridgehead atoms. The average Bonchev–Trinajstić information content (AvgIpc) is 2.76. The van der Waals surface area contributed by atoms with Gasteiger partial charge < -0.3 is 14.8 Å². The summed E-state index contributed by atoms with van der Waals surface area (Å²) in [5, 5.41) is 3.70. The van der Waals surface area contributed by atoms with Gasteiger partial charge in [0, 0.05) is 16.1 Å². The highest BCUT2D eigenvalue weighted by Crippen LogP contribution is 2.23. The van der Waals surface area contributed by atoms with Crippen molar-refractivity contribution in [2.75, 3.05) is 6.61 Å². The summed E-state index contributed by atoms with van der Waals surface area (Å²) in [6, 6.07) is 22.7. The van der Waals surface area contributed by atoms with E-state index < -0.39 is 0 Å². The summed E-state index contributed by atoms with van der Waals surface area (Å²) in [6.07, 6.45) is 0. The minimum atomic E-state index is -0.148. The van der Waals surface area contributed by atoms with E-state index in [1.54, 1.807) is 6.07 Å². The highest BCUT2D eigenvalue weighted by atomic mass is 35.5. The minimum Gasteiger partial charge on any atom is -0.494 e. The molecule has 0 spiro atoms. The number of benzene rings is 3. The maximum Gasteiger partial charge on any atom is 0.251 e. The molecule has 0 saturated heterocycles. The molecule has 0 aliphatic rings. The predicted molar refractivity (Wildman–Crippen MR) is 120 cm³/mol. The molecule has 0 unspecified atom stereocenters. The third kappa shape index (κ3) is 6.09. The van der Waals surface area contributed by atoms with Crippen LogP contribution in [0.2, 0.25) is 5.02 Å². The number of carbonyl (C=O) groups excluding carboxylic acids is 1. The summed E-state index contributed by atoms with van der Waals surface area (Å²) >= 11 is 5.95. The number of ether oxygens (including phenoxy) is 2. The lowest BCUT2D eigenvalue weighted by Gasteiger charge is -2.16. The van der Waals surface area contributed by atoms with Crippen LogP contribution in [0.1, 0.15) is 46.9 Å². The number of hydrogen-bond acceptors (Lipinski definition) is 3. The zero-order valence-corrected chi connectivity index (χ0v) is 18.0. The molecule has 0 aliphatic carbocycles. The highest BCUT2D eigenvalue weighted by molar-refractivity contribution is 6.30. The van der Waals surface area contributed by atoms with Gasteiger partial charge in [0.1, 0.15) is 5.75 Å². The van der Waals surface area contributed by atoms with Crippen molar-refractivity contribution in [3.05, 3.63) is 100 Å². The van der Waals surface area contributed by atoms with Gasteiger partial charge in [0.2, 0.25) is 0 Å². The molecule has 3 aromatic rings. The van der Waals surface area contributed by atoms with E-state index in [1.807, 2.05) is 80.6 Å². The molecule has 0 aliphatic heterocycles. The summed E-state index contributed by atoms with van der Waals surface area (Å²) in [7, 11) is 0.